The molecule has 0 spiro atoms. The molecule has 0 saturated heterocycles. The molecule has 10 heteroatoms. The molecule has 0 aliphatic rings. The van der Waals surface area contributed by atoms with Crippen molar-refractivity contribution in [3.05, 3.63) is 119 Å². The minimum Gasteiger partial charge on any atom is -0.207 e. The minimum absolute atomic E-state index is 0.0359. The molecule has 0 aliphatic carbocycles. The summed E-state index contributed by atoms with van der Waals surface area (Å²) >= 11 is 0. The molecule has 0 aromatic heterocycles. The van der Waals surface area contributed by atoms with Crippen LogP contribution < -0.4 is 9.44 Å². The Morgan fingerprint density at radius 3 is 1.24 bits per heavy atom. The summed E-state index contributed by atoms with van der Waals surface area (Å²) in [6.07, 6.45) is 0. The van der Waals surface area contributed by atoms with Gasteiger partial charge in [-0.3, -0.25) is 0 Å². The van der Waals surface area contributed by atoms with Gasteiger partial charge in [0, 0.05) is 13.1 Å². The summed E-state index contributed by atoms with van der Waals surface area (Å²) in [5, 5.41) is 0. The number of benzene rings is 4. The maximum atomic E-state index is 13.3. The van der Waals surface area contributed by atoms with E-state index in [1.807, 2.05) is 38.1 Å². The van der Waals surface area contributed by atoms with Crippen LogP contribution in [0.4, 0.5) is 8.78 Å². The number of nitrogens with one attached hydrogen (secondary N) is 2. The summed E-state index contributed by atoms with van der Waals surface area (Å²) in [5.74, 6) is -1.07. The van der Waals surface area contributed by atoms with Crippen LogP contribution in [0, 0.1) is 25.5 Å². The zero-order chi connectivity index (χ0) is 27.5. The zero-order valence-electron chi connectivity index (χ0n) is 20.7. The maximum Gasteiger partial charge on any atom is 0.240 e. The lowest BCUT2D eigenvalue weighted by Crippen LogP contribution is -2.24. The van der Waals surface area contributed by atoms with E-state index in [1.165, 1.54) is 24.3 Å². The van der Waals surface area contributed by atoms with E-state index < -0.39 is 31.7 Å². The van der Waals surface area contributed by atoms with Crippen LogP contribution in [0.15, 0.2) is 94.7 Å². The average molecular weight is 557 g/mol. The molecule has 198 valence electrons. The Kier molecular flexibility index (Phi) is 8.08. The lowest BCUT2D eigenvalue weighted by molar-refractivity contribution is 0.578. The van der Waals surface area contributed by atoms with Gasteiger partial charge in [0.2, 0.25) is 20.0 Å². The van der Waals surface area contributed by atoms with Crippen LogP contribution in [0.3, 0.4) is 0 Å². The van der Waals surface area contributed by atoms with Crippen LogP contribution in [-0.4, -0.2) is 16.8 Å². The van der Waals surface area contributed by atoms with Crippen molar-refractivity contribution < 1.29 is 25.6 Å². The van der Waals surface area contributed by atoms with Crippen molar-refractivity contribution in [2.24, 2.45) is 0 Å². The highest BCUT2D eigenvalue weighted by Crippen LogP contribution is 2.34. The van der Waals surface area contributed by atoms with E-state index in [0.717, 1.165) is 46.5 Å². The fraction of sp³-hybridized carbons (Fsp3) is 0.143. The van der Waals surface area contributed by atoms with Gasteiger partial charge in [-0.15, -0.1) is 0 Å². The molecule has 4 aromatic carbocycles. The molecule has 2 N–H and O–H groups in total. The lowest BCUT2D eigenvalue weighted by Gasteiger charge is -2.20. The molecule has 6 nitrogen and oxygen atoms in total. The third kappa shape index (κ3) is 6.16. The van der Waals surface area contributed by atoms with E-state index in [9.17, 15) is 25.6 Å². The quantitative estimate of drug-likeness (QED) is 0.296. The minimum atomic E-state index is -3.91. The Morgan fingerprint density at radius 1 is 0.553 bits per heavy atom. The first-order valence-corrected chi connectivity index (χ1v) is 14.6. The standard InChI is InChI=1S/C28H26F2N2O4S2/c1-19-5-3-7-21(17-31-37(33,34)25-13-9-23(29)10-14-25)27(19)28-20(2)6-4-8-22(28)18-32-38(35,36)26-15-11-24(30)12-16-26/h3-16,31-32H,17-18H2,1-2H3. The second-order valence-corrected chi connectivity index (χ2v) is 12.3. The predicted octanol–water partition coefficient (Wildman–Crippen LogP) is 5.21. The summed E-state index contributed by atoms with van der Waals surface area (Å²) in [4.78, 5) is -0.111. The van der Waals surface area contributed by atoms with Crippen molar-refractivity contribution >= 4 is 20.0 Å². The van der Waals surface area contributed by atoms with Gasteiger partial charge in [-0.25, -0.2) is 35.1 Å². The Hall–Kier alpha value is -3.44. The molecule has 0 unspecified atom stereocenters. The monoisotopic (exact) mass is 556 g/mol. The van der Waals surface area contributed by atoms with Crippen LogP contribution in [0.25, 0.3) is 11.1 Å². The van der Waals surface area contributed by atoms with Gasteiger partial charge in [0.15, 0.2) is 0 Å². The van der Waals surface area contributed by atoms with Gasteiger partial charge in [0.25, 0.3) is 0 Å². The molecule has 38 heavy (non-hydrogen) atoms. The molecule has 0 saturated carbocycles. The van der Waals surface area contributed by atoms with Crippen LogP contribution >= 0.6 is 0 Å². The molecule has 0 radical (unpaired) electrons. The number of halogens is 2. The van der Waals surface area contributed by atoms with Gasteiger partial charge in [-0.05, 0) is 95.8 Å². The zero-order valence-corrected chi connectivity index (χ0v) is 22.3. The van der Waals surface area contributed by atoms with E-state index in [0.29, 0.717) is 11.1 Å². The molecule has 0 atom stereocenters. The van der Waals surface area contributed by atoms with E-state index in [-0.39, 0.29) is 22.9 Å². The van der Waals surface area contributed by atoms with Crippen molar-refractivity contribution in [3.63, 3.8) is 0 Å². The summed E-state index contributed by atoms with van der Waals surface area (Å²) in [6.45, 7) is 3.72. The van der Waals surface area contributed by atoms with E-state index in [2.05, 4.69) is 9.44 Å². The molecule has 0 aliphatic heterocycles. The summed E-state index contributed by atoms with van der Waals surface area (Å²) < 4.78 is 83.0. The van der Waals surface area contributed by atoms with Crippen LogP contribution in [-0.2, 0) is 33.1 Å². The molecule has 4 rings (SSSR count). The number of hydrogen-bond donors (Lipinski definition) is 2. The molecular formula is C28H26F2N2O4S2. The maximum absolute atomic E-state index is 13.3. The highest BCUT2D eigenvalue weighted by atomic mass is 32.2. The van der Waals surface area contributed by atoms with Crippen molar-refractivity contribution in [2.45, 2.75) is 36.7 Å². The average Bonchev–Trinajstić information content (AvgIpc) is 2.87. The first-order valence-electron chi connectivity index (χ1n) is 11.7. The van der Waals surface area contributed by atoms with Crippen molar-refractivity contribution in [2.75, 3.05) is 0 Å². The van der Waals surface area contributed by atoms with E-state index in [4.69, 9.17) is 0 Å². The topological polar surface area (TPSA) is 92.3 Å². The summed E-state index contributed by atoms with van der Waals surface area (Å²) in [7, 11) is -7.81. The van der Waals surface area contributed by atoms with E-state index in [1.54, 1.807) is 12.1 Å². The van der Waals surface area contributed by atoms with Crippen LogP contribution in [0.2, 0.25) is 0 Å². The number of rotatable bonds is 9. The third-order valence-electron chi connectivity index (χ3n) is 6.12. The van der Waals surface area contributed by atoms with Gasteiger partial charge < -0.3 is 0 Å². The van der Waals surface area contributed by atoms with E-state index >= 15 is 0 Å². The third-order valence-corrected chi connectivity index (χ3v) is 8.96. The first kappa shape index (κ1) is 27.6. The molecular weight excluding hydrogens is 530 g/mol. The van der Waals surface area contributed by atoms with Crippen molar-refractivity contribution in [1.29, 1.82) is 0 Å². The second-order valence-electron chi connectivity index (χ2n) is 8.78. The van der Waals surface area contributed by atoms with Gasteiger partial charge >= 0.3 is 0 Å². The number of sulfonamides is 2. The Labute approximate surface area is 221 Å². The largest absolute Gasteiger partial charge is 0.240 e. The van der Waals surface area contributed by atoms with Gasteiger partial charge in [0.05, 0.1) is 9.79 Å². The van der Waals surface area contributed by atoms with Crippen molar-refractivity contribution in [1.82, 2.24) is 9.44 Å². The predicted molar refractivity (Wildman–Crippen MR) is 142 cm³/mol. The highest BCUT2D eigenvalue weighted by Gasteiger charge is 2.20. The fourth-order valence-corrected chi connectivity index (χ4v) is 6.22. The number of aryl methyl sites for hydroxylation is 2. The Balaban J connectivity index is 1.66. The smallest absolute Gasteiger partial charge is 0.207 e. The van der Waals surface area contributed by atoms with Crippen LogP contribution in [0.1, 0.15) is 22.3 Å². The molecule has 0 heterocycles. The Morgan fingerprint density at radius 2 is 0.895 bits per heavy atom. The molecule has 0 fully saturated rings. The first-order chi connectivity index (χ1) is 18.0. The van der Waals surface area contributed by atoms with Gasteiger partial charge in [-0.1, -0.05) is 36.4 Å². The lowest BCUT2D eigenvalue weighted by atomic mass is 9.88. The second kappa shape index (κ2) is 11.1. The summed E-state index contributed by atoms with van der Waals surface area (Å²) in [5.41, 5.74) is 4.69. The van der Waals surface area contributed by atoms with Gasteiger partial charge in [-0.2, -0.15) is 0 Å². The summed E-state index contributed by atoms with van der Waals surface area (Å²) in [6, 6.07) is 20.1. The fourth-order valence-electron chi connectivity index (χ4n) is 4.21. The molecule has 4 aromatic rings. The molecule has 0 amide bonds. The number of hydrogen-bond acceptors (Lipinski definition) is 4. The normalized spacial score (nSPS) is 12.0. The Bertz CT molecular complexity index is 1540. The van der Waals surface area contributed by atoms with Crippen molar-refractivity contribution in [3.8, 4) is 11.1 Å². The highest BCUT2D eigenvalue weighted by molar-refractivity contribution is 7.89. The van der Waals surface area contributed by atoms with Crippen LogP contribution in [0.5, 0.6) is 0 Å². The SMILES string of the molecule is Cc1cccc(CNS(=O)(=O)c2ccc(F)cc2)c1-c1c(C)cccc1CNS(=O)(=O)c1ccc(F)cc1. The van der Waals surface area contributed by atoms with Gasteiger partial charge in [0.1, 0.15) is 11.6 Å². The molecule has 0 bridgehead atoms.